The van der Waals surface area contributed by atoms with Crippen LogP contribution in [0.5, 0.6) is 11.5 Å². The molecule has 0 aliphatic heterocycles. The zero-order valence-corrected chi connectivity index (χ0v) is 18.1. The zero-order valence-electron chi connectivity index (χ0n) is 18.1. The number of benzene rings is 3. The Kier molecular flexibility index (Phi) is 7.25. The molecule has 0 bridgehead atoms. The van der Waals surface area contributed by atoms with Crippen molar-refractivity contribution in [2.24, 2.45) is 0 Å². The second kappa shape index (κ2) is 10.3. The maximum absolute atomic E-state index is 13.8. The molecule has 0 spiro atoms. The Labute approximate surface area is 186 Å². The summed E-state index contributed by atoms with van der Waals surface area (Å²) in [4.78, 5) is 12.6. The van der Waals surface area contributed by atoms with Gasteiger partial charge in [-0.2, -0.15) is 5.26 Å². The Bertz CT molecular complexity index is 1210. The van der Waals surface area contributed by atoms with Crippen molar-refractivity contribution in [3.05, 3.63) is 94.3 Å². The molecule has 162 valence electrons. The van der Waals surface area contributed by atoms with E-state index in [1.54, 1.807) is 42.5 Å². The van der Waals surface area contributed by atoms with Crippen molar-refractivity contribution in [2.45, 2.75) is 20.5 Å². The molecule has 0 fully saturated rings. The molecular weight excluding hydrogens is 407 g/mol. The molecule has 0 aromatic heterocycles. The molecule has 5 nitrogen and oxygen atoms in total. The Morgan fingerprint density at radius 1 is 1.06 bits per heavy atom. The lowest BCUT2D eigenvalue weighted by Crippen LogP contribution is -2.13. The Balaban J connectivity index is 1.76. The molecule has 0 radical (unpaired) electrons. The first kappa shape index (κ1) is 22.6. The van der Waals surface area contributed by atoms with Crippen molar-refractivity contribution < 1.29 is 18.7 Å². The van der Waals surface area contributed by atoms with E-state index in [-0.39, 0.29) is 18.0 Å². The van der Waals surface area contributed by atoms with Gasteiger partial charge >= 0.3 is 0 Å². The molecule has 1 amide bonds. The van der Waals surface area contributed by atoms with E-state index in [4.69, 9.17) is 9.47 Å². The second-order valence-electron chi connectivity index (χ2n) is 7.21. The fourth-order valence-electron chi connectivity index (χ4n) is 3.00. The van der Waals surface area contributed by atoms with Gasteiger partial charge in [-0.05, 0) is 66.9 Å². The van der Waals surface area contributed by atoms with Gasteiger partial charge in [-0.15, -0.1) is 0 Å². The van der Waals surface area contributed by atoms with Crippen molar-refractivity contribution >= 4 is 17.7 Å². The summed E-state index contributed by atoms with van der Waals surface area (Å²) in [6.07, 6.45) is 1.47. The number of rotatable bonds is 7. The quantitative estimate of drug-likeness (QED) is 0.393. The molecule has 3 aromatic rings. The Hall–Kier alpha value is -4.11. The van der Waals surface area contributed by atoms with Crippen LogP contribution in [0.2, 0.25) is 0 Å². The van der Waals surface area contributed by atoms with E-state index in [0.717, 1.165) is 11.1 Å². The van der Waals surface area contributed by atoms with Crippen LogP contribution in [0, 0.1) is 31.0 Å². The van der Waals surface area contributed by atoms with Gasteiger partial charge < -0.3 is 14.8 Å². The minimum absolute atomic E-state index is 0.0417. The molecule has 0 aliphatic carbocycles. The molecular formula is C26H23FN2O3. The van der Waals surface area contributed by atoms with Gasteiger partial charge in [0.15, 0.2) is 11.5 Å². The van der Waals surface area contributed by atoms with Crippen molar-refractivity contribution in [2.75, 3.05) is 12.4 Å². The molecule has 0 heterocycles. The third-order valence-electron chi connectivity index (χ3n) is 4.97. The predicted molar refractivity (Wildman–Crippen MR) is 122 cm³/mol. The van der Waals surface area contributed by atoms with E-state index in [1.807, 2.05) is 32.0 Å². The molecule has 0 saturated carbocycles. The van der Waals surface area contributed by atoms with Crippen LogP contribution < -0.4 is 14.8 Å². The molecule has 0 saturated heterocycles. The predicted octanol–water partition coefficient (Wildman–Crippen LogP) is 5.58. The van der Waals surface area contributed by atoms with Crippen molar-refractivity contribution in [1.82, 2.24) is 0 Å². The van der Waals surface area contributed by atoms with E-state index < -0.39 is 5.91 Å². The topological polar surface area (TPSA) is 71.3 Å². The van der Waals surface area contributed by atoms with E-state index in [9.17, 15) is 14.4 Å². The molecule has 1 N–H and O–H groups in total. The second-order valence-corrected chi connectivity index (χ2v) is 7.21. The molecule has 0 atom stereocenters. The number of aryl methyl sites for hydroxylation is 2. The normalized spacial score (nSPS) is 10.9. The van der Waals surface area contributed by atoms with Crippen LogP contribution in [0.15, 0.2) is 66.2 Å². The van der Waals surface area contributed by atoms with Crippen molar-refractivity contribution in [3.8, 4) is 17.6 Å². The number of carbonyl (C=O) groups excluding carboxylic acids is 1. The standard InChI is InChI=1S/C26H23FN2O3/c1-17-8-10-22(12-18(17)2)29-26(30)21(15-28)13-19-9-11-24(25(14-19)31-3)32-16-20-6-4-5-7-23(20)27/h4-14H,16H2,1-3H3,(H,29,30)/b21-13+. The first-order valence-electron chi connectivity index (χ1n) is 9.96. The van der Waals surface area contributed by atoms with Crippen LogP contribution in [-0.2, 0) is 11.4 Å². The summed E-state index contributed by atoms with van der Waals surface area (Å²) in [6, 6.07) is 18.9. The van der Waals surface area contributed by atoms with Gasteiger partial charge in [-0.3, -0.25) is 4.79 Å². The number of nitrogens with one attached hydrogen (secondary N) is 1. The van der Waals surface area contributed by atoms with Gasteiger partial charge in [0.2, 0.25) is 0 Å². The van der Waals surface area contributed by atoms with Gasteiger partial charge in [0.05, 0.1) is 7.11 Å². The zero-order chi connectivity index (χ0) is 23.1. The smallest absolute Gasteiger partial charge is 0.266 e. The molecule has 0 unspecified atom stereocenters. The summed E-state index contributed by atoms with van der Waals surface area (Å²) in [5, 5.41) is 12.2. The summed E-state index contributed by atoms with van der Waals surface area (Å²) >= 11 is 0. The summed E-state index contributed by atoms with van der Waals surface area (Å²) in [5.41, 5.74) is 3.74. The van der Waals surface area contributed by atoms with E-state index >= 15 is 0 Å². The third kappa shape index (κ3) is 5.52. The summed E-state index contributed by atoms with van der Waals surface area (Å²) in [5.74, 6) is -0.0259. The lowest BCUT2D eigenvalue weighted by molar-refractivity contribution is -0.112. The molecule has 3 aromatic carbocycles. The molecule has 0 aliphatic rings. The summed E-state index contributed by atoms with van der Waals surface area (Å²) < 4.78 is 24.9. The van der Waals surface area contributed by atoms with Gasteiger partial charge in [-0.1, -0.05) is 30.3 Å². The molecule has 32 heavy (non-hydrogen) atoms. The summed E-state index contributed by atoms with van der Waals surface area (Å²) in [6.45, 7) is 3.98. The minimum Gasteiger partial charge on any atom is -0.493 e. The van der Waals surface area contributed by atoms with Gasteiger partial charge in [0.25, 0.3) is 5.91 Å². The van der Waals surface area contributed by atoms with Crippen LogP contribution >= 0.6 is 0 Å². The highest BCUT2D eigenvalue weighted by atomic mass is 19.1. The Morgan fingerprint density at radius 2 is 1.84 bits per heavy atom. The number of nitrogens with zero attached hydrogens (tertiary/aromatic N) is 1. The average molecular weight is 430 g/mol. The minimum atomic E-state index is -0.505. The van der Waals surface area contributed by atoms with Crippen molar-refractivity contribution in [1.29, 1.82) is 5.26 Å². The number of carbonyl (C=O) groups is 1. The monoisotopic (exact) mass is 430 g/mol. The fraction of sp³-hybridized carbons (Fsp3) is 0.154. The number of amides is 1. The molecule has 3 rings (SSSR count). The fourth-order valence-corrected chi connectivity index (χ4v) is 3.00. The van der Waals surface area contributed by atoms with Gasteiger partial charge in [-0.25, -0.2) is 4.39 Å². The first-order valence-corrected chi connectivity index (χ1v) is 9.96. The van der Waals surface area contributed by atoms with Crippen LogP contribution in [0.4, 0.5) is 10.1 Å². The van der Waals surface area contributed by atoms with E-state index in [0.29, 0.717) is 28.3 Å². The number of hydrogen-bond acceptors (Lipinski definition) is 4. The SMILES string of the molecule is COc1cc(/C=C(\C#N)C(=O)Nc2ccc(C)c(C)c2)ccc1OCc1ccccc1F. The number of anilines is 1. The number of hydrogen-bond donors (Lipinski definition) is 1. The highest BCUT2D eigenvalue weighted by Crippen LogP contribution is 2.30. The van der Waals surface area contributed by atoms with Crippen LogP contribution in [-0.4, -0.2) is 13.0 Å². The number of ether oxygens (including phenoxy) is 2. The van der Waals surface area contributed by atoms with Crippen LogP contribution in [0.25, 0.3) is 6.08 Å². The summed E-state index contributed by atoms with van der Waals surface area (Å²) in [7, 11) is 1.48. The lowest BCUT2D eigenvalue weighted by atomic mass is 10.1. The largest absolute Gasteiger partial charge is 0.493 e. The average Bonchev–Trinajstić information content (AvgIpc) is 2.79. The maximum Gasteiger partial charge on any atom is 0.266 e. The number of halogens is 1. The highest BCUT2D eigenvalue weighted by Gasteiger charge is 2.12. The number of nitriles is 1. The third-order valence-corrected chi connectivity index (χ3v) is 4.97. The van der Waals surface area contributed by atoms with Gasteiger partial charge in [0.1, 0.15) is 24.1 Å². The van der Waals surface area contributed by atoms with Crippen LogP contribution in [0.1, 0.15) is 22.3 Å². The van der Waals surface area contributed by atoms with E-state index in [1.165, 1.54) is 19.3 Å². The van der Waals surface area contributed by atoms with Gasteiger partial charge in [0, 0.05) is 11.3 Å². The highest BCUT2D eigenvalue weighted by molar-refractivity contribution is 6.09. The first-order chi connectivity index (χ1) is 15.4. The van der Waals surface area contributed by atoms with Crippen molar-refractivity contribution in [3.63, 3.8) is 0 Å². The maximum atomic E-state index is 13.8. The lowest BCUT2D eigenvalue weighted by Gasteiger charge is -2.12. The van der Waals surface area contributed by atoms with E-state index in [2.05, 4.69) is 5.32 Å². The number of methoxy groups -OCH3 is 1. The molecule has 6 heteroatoms. The Morgan fingerprint density at radius 3 is 2.53 bits per heavy atom. The van der Waals surface area contributed by atoms with Crippen LogP contribution in [0.3, 0.4) is 0 Å².